The molecule has 1 aromatic rings. The monoisotopic (exact) mass is 395 g/mol. The average Bonchev–Trinajstić information content (AvgIpc) is 2.98. The molecule has 0 aliphatic carbocycles. The van der Waals surface area contributed by atoms with Crippen LogP contribution in [0.5, 0.6) is 0 Å². The van der Waals surface area contributed by atoms with Gasteiger partial charge in [0.15, 0.2) is 9.84 Å². The number of carbonyl (C=O) groups is 1. The van der Waals surface area contributed by atoms with Crippen molar-refractivity contribution in [3.63, 3.8) is 0 Å². The van der Waals surface area contributed by atoms with Gasteiger partial charge in [-0.3, -0.25) is 9.69 Å². The second-order valence-corrected chi connectivity index (χ2v) is 9.92. The number of likely N-dealkylation sites (N-methyl/N-ethyl adjacent to an activating group) is 1. The Bertz CT molecular complexity index is 716. The van der Waals surface area contributed by atoms with Gasteiger partial charge in [-0.15, -0.1) is 0 Å². The van der Waals surface area contributed by atoms with Crippen LogP contribution in [0.4, 0.5) is 5.69 Å². The highest BCUT2D eigenvalue weighted by Crippen LogP contribution is 2.19. The Morgan fingerprint density at radius 1 is 1.15 bits per heavy atom. The molecule has 1 amide bonds. The summed E-state index contributed by atoms with van der Waals surface area (Å²) < 4.78 is 23.7. The molecule has 1 fully saturated rings. The molecule has 0 N–H and O–H groups in total. The highest BCUT2D eigenvalue weighted by molar-refractivity contribution is 7.91. The van der Waals surface area contributed by atoms with Crippen LogP contribution in [0.25, 0.3) is 0 Å². The molecule has 152 valence electrons. The van der Waals surface area contributed by atoms with Crippen LogP contribution < -0.4 is 4.90 Å². The van der Waals surface area contributed by atoms with Crippen molar-refractivity contribution in [2.45, 2.75) is 38.8 Å². The van der Waals surface area contributed by atoms with E-state index in [4.69, 9.17) is 0 Å². The molecule has 2 rings (SSSR count). The molecule has 0 spiro atoms. The summed E-state index contributed by atoms with van der Waals surface area (Å²) in [7, 11) is 2.86. The molecule has 0 radical (unpaired) electrons. The van der Waals surface area contributed by atoms with Crippen molar-refractivity contribution >= 4 is 21.4 Å². The Morgan fingerprint density at radius 3 is 2.33 bits per heavy atom. The van der Waals surface area contributed by atoms with Gasteiger partial charge in [0.25, 0.3) is 0 Å². The summed E-state index contributed by atoms with van der Waals surface area (Å²) in [5.41, 5.74) is 2.21. The van der Waals surface area contributed by atoms with E-state index in [-0.39, 0.29) is 30.0 Å². The molecule has 1 aliphatic heterocycles. The van der Waals surface area contributed by atoms with Crippen LogP contribution in [0.15, 0.2) is 24.3 Å². The lowest BCUT2D eigenvalue weighted by Gasteiger charge is -2.29. The third-order valence-electron chi connectivity index (χ3n) is 5.16. The van der Waals surface area contributed by atoms with Gasteiger partial charge in [0, 0.05) is 39.4 Å². The van der Waals surface area contributed by atoms with E-state index >= 15 is 0 Å². The molecule has 1 aliphatic rings. The number of nitrogens with zero attached hydrogens (tertiary/aromatic N) is 3. The van der Waals surface area contributed by atoms with Gasteiger partial charge in [-0.2, -0.15) is 0 Å². The average molecular weight is 396 g/mol. The largest absolute Gasteiger partial charge is 0.378 e. The molecule has 1 heterocycles. The molecule has 0 aromatic heterocycles. The van der Waals surface area contributed by atoms with E-state index in [1.165, 1.54) is 0 Å². The zero-order chi connectivity index (χ0) is 20.0. The van der Waals surface area contributed by atoms with Crippen LogP contribution in [-0.2, 0) is 21.2 Å². The van der Waals surface area contributed by atoms with Crippen LogP contribution in [0.2, 0.25) is 0 Å². The van der Waals surface area contributed by atoms with Gasteiger partial charge < -0.3 is 9.80 Å². The van der Waals surface area contributed by atoms with Gasteiger partial charge in [-0.25, -0.2) is 8.42 Å². The Morgan fingerprint density at radius 2 is 1.81 bits per heavy atom. The lowest BCUT2D eigenvalue weighted by molar-refractivity contribution is -0.132. The fourth-order valence-electron chi connectivity index (χ4n) is 3.37. The summed E-state index contributed by atoms with van der Waals surface area (Å²) >= 11 is 0. The second-order valence-electron chi connectivity index (χ2n) is 7.69. The fourth-order valence-corrected chi connectivity index (χ4v) is 5.13. The predicted octanol–water partition coefficient (Wildman–Crippen LogP) is 2.00. The molecule has 1 unspecified atom stereocenters. The van der Waals surface area contributed by atoms with Gasteiger partial charge in [-0.1, -0.05) is 25.5 Å². The van der Waals surface area contributed by atoms with Crippen molar-refractivity contribution in [3.05, 3.63) is 29.8 Å². The molecule has 7 heteroatoms. The van der Waals surface area contributed by atoms with Gasteiger partial charge in [0.1, 0.15) is 0 Å². The van der Waals surface area contributed by atoms with Crippen molar-refractivity contribution in [1.29, 1.82) is 0 Å². The third kappa shape index (κ3) is 6.50. The summed E-state index contributed by atoms with van der Waals surface area (Å²) in [4.78, 5) is 18.6. The van der Waals surface area contributed by atoms with Crippen molar-refractivity contribution in [2.75, 3.05) is 50.6 Å². The lowest BCUT2D eigenvalue weighted by atomic mass is 10.1. The Kier molecular flexibility index (Phi) is 7.68. The minimum atomic E-state index is -2.95. The van der Waals surface area contributed by atoms with Crippen molar-refractivity contribution in [2.24, 2.45) is 0 Å². The molecule has 0 saturated carbocycles. The maximum atomic E-state index is 12.7. The lowest BCUT2D eigenvalue weighted by Crippen LogP contribution is -2.44. The molecule has 6 nitrogen and oxygen atoms in total. The van der Waals surface area contributed by atoms with E-state index in [2.05, 4.69) is 11.8 Å². The molecular formula is C20H33N3O3S. The van der Waals surface area contributed by atoms with Crippen LogP contribution in [0.1, 0.15) is 31.7 Å². The van der Waals surface area contributed by atoms with Crippen LogP contribution >= 0.6 is 0 Å². The molecular weight excluding hydrogens is 362 g/mol. The quantitative estimate of drug-likeness (QED) is 0.640. The molecule has 27 heavy (non-hydrogen) atoms. The number of hydrogen-bond acceptors (Lipinski definition) is 5. The zero-order valence-corrected chi connectivity index (χ0v) is 17.8. The van der Waals surface area contributed by atoms with E-state index in [0.717, 1.165) is 30.6 Å². The first kappa shape index (κ1) is 21.7. The number of hydrogen-bond donors (Lipinski definition) is 0. The van der Waals surface area contributed by atoms with Crippen molar-refractivity contribution in [1.82, 2.24) is 9.80 Å². The Labute approximate surface area is 164 Å². The smallest absolute Gasteiger partial charge is 0.236 e. The maximum absolute atomic E-state index is 12.7. The number of rotatable bonds is 9. The highest BCUT2D eigenvalue weighted by atomic mass is 32.2. The Hall–Kier alpha value is -1.60. The standard InChI is InChI=1S/C20H33N3O3S/c1-5-6-12-23(19-11-13-27(25,26)16-19)15-20(24)22(4)14-17-7-9-18(10-8-17)21(2)3/h7-10,19H,5-6,11-16H2,1-4H3. The molecule has 1 saturated heterocycles. The maximum Gasteiger partial charge on any atom is 0.236 e. The predicted molar refractivity (Wildman–Crippen MR) is 111 cm³/mol. The fraction of sp³-hybridized carbons (Fsp3) is 0.650. The van der Waals surface area contributed by atoms with Crippen molar-refractivity contribution in [3.8, 4) is 0 Å². The summed E-state index contributed by atoms with van der Waals surface area (Å²) in [5.74, 6) is 0.453. The van der Waals surface area contributed by atoms with Crippen LogP contribution in [-0.4, -0.2) is 75.9 Å². The van der Waals surface area contributed by atoms with E-state index in [1.807, 2.05) is 50.3 Å². The molecule has 0 bridgehead atoms. The number of sulfone groups is 1. The third-order valence-corrected chi connectivity index (χ3v) is 6.91. The summed E-state index contributed by atoms with van der Waals surface area (Å²) in [6.07, 6.45) is 2.63. The number of carbonyl (C=O) groups excluding carboxylic acids is 1. The molecule has 1 aromatic carbocycles. The van der Waals surface area contributed by atoms with E-state index in [0.29, 0.717) is 13.0 Å². The highest BCUT2D eigenvalue weighted by Gasteiger charge is 2.33. The topological polar surface area (TPSA) is 60.9 Å². The Balaban J connectivity index is 1.96. The SMILES string of the molecule is CCCCN(CC(=O)N(C)Cc1ccc(N(C)C)cc1)C1CCS(=O)(=O)C1. The second kappa shape index (κ2) is 9.55. The van der Waals surface area contributed by atoms with Crippen LogP contribution in [0, 0.1) is 0 Å². The first-order chi connectivity index (χ1) is 12.7. The first-order valence-electron chi connectivity index (χ1n) is 9.66. The number of benzene rings is 1. The number of anilines is 1. The van der Waals surface area contributed by atoms with E-state index in [1.54, 1.807) is 4.90 Å². The number of amides is 1. The summed E-state index contributed by atoms with van der Waals surface area (Å²) in [6, 6.07) is 8.14. The van der Waals surface area contributed by atoms with E-state index in [9.17, 15) is 13.2 Å². The molecule has 1 atom stereocenters. The summed E-state index contributed by atoms with van der Waals surface area (Å²) in [5, 5.41) is 0. The van der Waals surface area contributed by atoms with E-state index < -0.39 is 9.84 Å². The number of unbranched alkanes of at least 4 members (excludes halogenated alkanes) is 1. The van der Waals surface area contributed by atoms with Crippen LogP contribution in [0.3, 0.4) is 0 Å². The summed E-state index contributed by atoms with van der Waals surface area (Å²) in [6.45, 7) is 3.71. The van der Waals surface area contributed by atoms with Gasteiger partial charge in [0.2, 0.25) is 5.91 Å². The van der Waals surface area contributed by atoms with Gasteiger partial charge in [0.05, 0.1) is 18.1 Å². The first-order valence-corrected chi connectivity index (χ1v) is 11.5. The van der Waals surface area contributed by atoms with Gasteiger partial charge in [-0.05, 0) is 37.1 Å². The zero-order valence-electron chi connectivity index (χ0n) is 17.0. The normalized spacial score (nSPS) is 18.6. The van der Waals surface area contributed by atoms with Crippen molar-refractivity contribution < 1.29 is 13.2 Å². The minimum absolute atomic E-state index is 0.0294. The van der Waals surface area contributed by atoms with Gasteiger partial charge >= 0.3 is 0 Å². The minimum Gasteiger partial charge on any atom is -0.378 e.